The first-order chi connectivity index (χ1) is 10.6. The van der Waals surface area contributed by atoms with E-state index in [1.165, 1.54) is 0 Å². The van der Waals surface area contributed by atoms with Crippen LogP contribution in [0.4, 0.5) is 0 Å². The fourth-order valence-electron chi connectivity index (χ4n) is 2.74. The first kappa shape index (κ1) is 14.8. The highest BCUT2D eigenvalue weighted by Gasteiger charge is 2.34. The van der Waals surface area contributed by atoms with E-state index in [-0.39, 0.29) is 11.9 Å². The number of fused-ring (bicyclic) bond motifs is 1. The largest absolute Gasteiger partial charge is 0.429 e. The van der Waals surface area contributed by atoms with Gasteiger partial charge in [0, 0.05) is 18.2 Å². The van der Waals surface area contributed by atoms with Crippen molar-refractivity contribution in [3.05, 3.63) is 28.6 Å². The number of hydrogen-bond donors (Lipinski definition) is 1. The number of aromatic nitrogens is 1. The summed E-state index contributed by atoms with van der Waals surface area (Å²) in [7, 11) is 0. The van der Waals surface area contributed by atoms with Crippen LogP contribution in [-0.4, -0.2) is 28.4 Å². The highest BCUT2D eigenvalue weighted by Crippen LogP contribution is 2.35. The molecule has 1 atom stereocenters. The standard InChI is InChI=1S/C16H17N3O2S/c1-10(11-3-4-11)19(8-2-7-17)15(20)12-5-6-13-14(9-12)21-16(22)18-13/h5-6,9-11H,2-4,8H2,1H3,(H,18,22). The molecule has 3 rings (SSSR count). The number of benzene rings is 1. The second kappa shape index (κ2) is 5.93. The summed E-state index contributed by atoms with van der Waals surface area (Å²) in [5.41, 5.74) is 1.92. The Morgan fingerprint density at radius 2 is 2.36 bits per heavy atom. The number of carbonyl (C=O) groups is 1. The zero-order valence-corrected chi connectivity index (χ0v) is 13.2. The highest BCUT2D eigenvalue weighted by molar-refractivity contribution is 7.71. The maximum absolute atomic E-state index is 12.8. The molecule has 0 bridgehead atoms. The summed E-state index contributed by atoms with van der Waals surface area (Å²) in [5, 5.41) is 8.83. The molecule has 0 aliphatic heterocycles. The van der Waals surface area contributed by atoms with Crippen molar-refractivity contribution in [1.29, 1.82) is 5.26 Å². The number of rotatable bonds is 5. The molecule has 1 aliphatic carbocycles. The van der Waals surface area contributed by atoms with E-state index in [9.17, 15) is 4.79 Å². The highest BCUT2D eigenvalue weighted by atomic mass is 32.1. The van der Waals surface area contributed by atoms with Gasteiger partial charge in [0.1, 0.15) is 0 Å². The van der Waals surface area contributed by atoms with Gasteiger partial charge in [0.2, 0.25) is 0 Å². The number of carbonyl (C=O) groups excluding carboxylic acids is 1. The minimum Gasteiger partial charge on any atom is -0.429 e. The van der Waals surface area contributed by atoms with Gasteiger partial charge < -0.3 is 14.3 Å². The number of oxazole rings is 1. The molecule has 5 nitrogen and oxygen atoms in total. The quantitative estimate of drug-likeness (QED) is 0.855. The fraction of sp³-hybridized carbons (Fsp3) is 0.438. The molecule has 0 radical (unpaired) electrons. The summed E-state index contributed by atoms with van der Waals surface area (Å²) < 4.78 is 5.38. The van der Waals surface area contributed by atoms with Crippen LogP contribution in [0.1, 0.15) is 36.5 Å². The molecule has 1 N–H and O–H groups in total. The molecular weight excluding hydrogens is 298 g/mol. The molecule has 0 saturated heterocycles. The lowest BCUT2D eigenvalue weighted by Gasteiger charge is -2.28. The molecule has 22 heavy (non-hydrogen) atoms. The fourth-order valence-corrected chi connectivity index (χ4v) is 2.94. The zero-order valence-electron chi connectivity index (χ0n) is 12.3. The van der Waals surface area contributed by atoms with E-state index in [2.05, 4.69) is 18.0 Å². The molecule has 1 fully saturated rings. The Bertz CT molecular complexity index is 798. The van der Waals surface area contributed by atoms with Gasteiger partial charge in [-0.15, -0.1) is 0 Å². The lowest BCUT2D eigenvalue weighted by Crippen LogP contribution is -2.40. The number of hydrogen-bond acceptors (Lipinski definition) is 4. The van der Waals surface area contributed by atoms with Gasteiger partial charge >= 0.3 is 0 Å². The average molecular weight is 315 g/mol. The lowest BCUT2D eigenvalue weighted by atomic mass is 10.1. The molecule has 0 spiro atoms. The van der Waals surface area contributed by atoms with Crippen LogP contribution in [0.2, 0.25) is 0 Å². The first-order valence-electron chi connectivity index (χ1n) is 7.41. The third-order valence-corrected chi connectivity index (χ3v) is 4.37. The molecule has 1 aromatic heterocycles. The van der Waals surface area contributed by atoms with E-state index >= 15 is 0 Å². The van der Waals surface area contributed by atoms with E-state index in [0.29, 0.717) is 34.9 Å². The second-order valence-corrected chi connectivity index (χ2v) is 6.08. The Morgan fingerprint density at radius 1 is 1.59 bits per heavy atom. The first-order valence-corrected chi connectivity index (χ1v) is 7.82. The van der Waals surface area contributed by atoms with Crippen LogP contribution in [0.5, 0.6) is 0 Å². The van der Waals surface area contributed by atoms with E-state index in [0.717, 1.165) is 18.4 Å². The topological polar surface area (TPSA) is 73.0 Å². The van der Waals surface area contributed by atoms with Crippen LogP contribution in [0, 0.1) is 22.1 Å². The molecular formula is C16H17N3O2S. The van der Waals surface area contributed by atoms with Crippen LogP contribution in [0.25, 0.3) is 11.1 Å². The Labute approximate surface area is 133 Å². The second-order valence-electron chi connectivity index (χ2n) is 5.71. The van der Waals surface area contributed by atoms with E-state index in [1.807, 2.05) is 4.90 Å². The third kappa shape index (κ3) is 2.90. The smallest absolute Gasteiger partial charge is 0.266 e. The van der Waals surface area contributed by atoms with Gasteiger partial charge in [0.15, 0.2) is 5.58 Å². The van der Waals surface area contributed by atoms with Gasteiger partial charge in [0.25, 0.3) is 10.7 Å². The van der Waals surface area contributed by atoms with Crippen LogP contribution in [-0.2, 0) is 0 Å². The monoisotopic (exact) mass is 315 g/mol. The number of aromatic amines is 1. The van der Waals surface area contributed by atoms with Gasteiger partial charge in [-0.1, -0.05) is 0 Å². The average Bonchev–Trinajstić information content (AvgIpc) is 3.28. The van der Waals surface area contributed by atoms with Gasteiger partial charge in [-0.2, -0.15) is 5.26 Å². The van der Waals surface area contributed by atoms with Crippen LogP contribution in [0.3, 0.4) is 0 Å². The Balaban J connectivity index is 1.89. The Morgan fingerprint density at radius 3 is 3.05 bits per heavy atom. The van der Waals surface area contributed by atoms with Crippen molar-refractivity contribution in [2.24, 2.45) is 5.92 Å². The summed E-state index contributed by atoms with van der Waals surface area (Å²) in [6.45, 7) is 2.52. The maximum Gasteiger partial charge on any atom is 0.266 e. The van der Waals surface area contributed by atoms with Gasteiger partial charge in [-0.3, -0.25) is 4.79 Å². The number of H-pyrrole nitrogens is 1. The molecule has 2 aromatic rings. The van der Waals surface area contributed by atoms with Crippen molar-refractivity contribution in [1.82, 2.24) is 9.88 Å². The molecule has 1 aliphatic rings. The van der Waals surface area contributed by atoms with E-state index in [1.54, 1.807) is 18.2 Å². The maximum atomic E-state index is 12.8. The third-order valence-electron chi connectivity index (χ3n) is 4.19. The summed E-state index contributed by atoms with van der Waals surface area (Å²) in [6, 6.07) is 7.56. The van der Waals surface area contributed by atoms with Crippen molar-refractivity contribution in [3.63, 3.8) is 0 Å². The minimum atomic E-state index is -0.0566. The van der Waals surface area contributed by atoms with Crippen LogP contribution < -0.4 is 0 Å². The van der Waals surface area contributed by atoms with Gasteiger partial charge in [0.05, 0.1) is 18.0 Å². The molecule has 114 valence electrons. The SMILES string of the molecule is CC(C1CC1)N(CCC#N)C(=O)c1ccc2[nH]c(=S)oc2c1. The van der Waals surface area contributed by atoms with Crippen molar-refractivity contribution >= 4 is 29.2 Å². The van der Waals surface area contributed by atoms with E-state index in [4.69, 9.17) is 21.9 Å². The number of nitrogens with one attached hydrogen (secondary N) is 1. The Kier molecular flexibility index (Phi) is 3.99. The molecule has 1 heterocycles. The van der Waals surface area contributed by atoms with Crippen molar-refractivity contribution < 1.29 is 9.21 Å². The molecule has 1 amide bonds. The molecule has 1 unspecified atom stereocenters. The molecule has 1 aromatic carbocycles. The number of nitriles is 1. The summed E-state index contributed by atoms with van der Waals surface area (Å²) in [5.74, 6) is 0.501. The molecule has 1 saturated carbocycles. The van der Waals surface area contributed by atoms with Crippen molar-refractivity contribution in [2.75, 3.05) is 6.54 Å². The van der Waals surface area contributed by atoms with E-state index < -0.39 is 0 Å². The Hall–Kier alpha value is -2.13. The van der Waals surface area contributed by atoms with Crippen LogP contribution >= 0.6 is 12.2 Å². The zero-order chi connectivity index (χ0) is 15.7. The normalized spacial score (nSPS) is 15.5. The summed E-state index contributed by atoms with van der Waals surface area (Å²) in [6.07, 6.45) is 2.65. The predicted molar refractivity (Wildman–Crippen MR) is 84.9 cm³/mol. The van der Waals surface area contributed by atoms with Crippen LogP contribution in [0.15, 0.2) is 22.6 Å². The van der Waals surface area contributed by atoms with Gasteiger partial charge in [-0.05, 0) is 56.1 Å². The summed E-state index contributed by atoms with van der Waals surface area (Å²) in [4.78, 5) is 17.8. The summed E-state index contributed by atoms with van der Waals surface area (Å²) >= 11 is 4.96. The van der Waals surface area contributed by atoms with Crippen molar-refractivity contribution in [3.8, 4) is 6.07 Å². The number of amides is 1. The van der Waals surface area contributed by atoms with Gasteiger partial charge in [-0.25, -0.2) is 0 Å². The molecule has 6 heteroatoms. The minimum absolute atomic E-state index is 0.0566. The lowest BCUT2D eigenvalue weighted by molar-refractivity contribution is 0.0677. The predicted octanol–water partition coefficient (Wildman–Crippen LogP) is 3.64. The number of nitrogens with zero attached hydrogens (tertiary/aromatic N) is 2. The van der Waals surface area contributed by atoms with Crippen molar-refractivity contribution in [2.45, 2.75) is 32.2 Å².